The Bertz CT molecular complexity index is 517. The van der Waals surface area contributed by atoms with E-state index < -0.39 is 0 Å². The summed E-state index contributed by atoms with van der Waals surface area (Å²) in [5.74, 6) is 2.63. The molecule has 0 radical (unpaired) electrons. The first-order valence-electron chi connectivity index (χ1n) is 6.19. The van der Waals surface area contributed by atoms with Crippen molar-refractivity contribution in [2.24, 2.45) is 0 Å². The molecule has 0 spiro atoms. The van der Waals surface area contributed by atoms with Gasteiger partial charge in [-0.05, 0) is 37.7 Å². The summed E-state index contributed by atoms with van der Waals surface area (Å²) in [7, 11) is 1.68. The molecule has 1 N–H and O–H groups in total. The molecule has 0 unspecified atom stereocenters. The Labute approximate surface area is 108 Å². The fourth-order valence-corrected chi connectivity index (χ4v) is 1.88. The molecule has 1 heterocycles. The zero-order valence-electron chi connectivity index (χ0n) is 11.1. The molecule has 0 aliphatic carbocycles. The fraction of sp³-hybridized carbons (Fsp3) is 0.333. The van der Waals surface area contributed by atoms with Crippen LogP contribution in [-0.2, 0) is 6.54 Å². The Kier molecular flexibility index (Phi) is 4.05. The molecule has 0 saturated heterocycles. The number of methoxy groups -OCH3 is 1. The molecular weight excluding hydrogens is 226 g/mol. The second-order valence-corrected chi connectivity index (χ2v) is 4.25. The number of hydrogen-bond donors (Lipinski definition) is 1. The lowest BCUT2D eigenvalue weighted by molar-refractivity contribution is 0.413. The lowest BCUT2D eigenvalue weighted by atomic mass is 10.1. The molecule has 0 fully saturated rings. The van der Waals surface area contributed by atoms with Crippen molar-refractivity contribution in [2.75, 3.05) is 13.7 Å². The largest absolute Gasteiger partial charge is 0.496 e. The molecule has 1 aromatic heterocycles. The van der Waals surface area contributed by atoms with Gasteiger partial charge in [-0.2, -0.15) is 0 Å². The number of furan rings is 1. The molecule has 0 saturated carbocycles. The zero-order valence-corrected chi connectivity index (χ0v) is 11.1. The Morgan fingerprint density at radius 2 is 2.06 bits per heavy atom. The quantitative estimate of drug-likeness (QED) is 0.877. The number of rotatable bonds is 5. The van der Waals surface area contributed by atoms with E-state index >= 15 is 0 Å². The summed E-state index contributed by atoms with van der Waals surface area (Å²) in [4.78, 5) is 0. The molecule has 3 heteroatoms. The van der Waals surface area contributed by atoms with Gasteiger partial charge in [-0.3, -0.25) is 0 Å². The minimum Gasteiger partial charge on any atom is -0.496 e. The van der Waals surface area contributed by atoms with E-state index in [9.17, 15) is 0 Å². The van der Waals surface area contributed by atoms with E-state index in [1.165, 1.54) is 5.56 Å². The minimum atomic E-state index is 0.755. The summed E-state index contributed by atoms with van der Waals surface area (Å²) >= 11 is 0. The Hall–Kier alpha value is -1.74. The summed E-state index contributed by atoms with van der Waals surface area (Å²) < 4.78 is 11.2. The van der Waals surface area contributed by atoms with Crippen molar-refractivity contribution in [3.05, 3.63) is 41.7 Å². The van der Waals surface area contributed by atoms with Crippen LogP contribution in [0, 0.1) is 6.92 Å². The van der Waals surface area contributed by atoms with Crippen molar-refractivity contribution < 1.29 is 9.15 Å². The van der Waals surface area contributed by atoms with Gasteiger partial charge in [-0.1, -0.05) is 18.6 Å². The van der Waals surface area contributed by atoms with Gasteiger partial charge >= 0.3 is 0 Å². The predicted molar refractivity (Wildman–Crippen MR) is 72.8 cm³/mol. The summed E-state index contributed by atoms with van der Waals surface area (Å²) in [6.45, 7) is 5.83. The highest BCUT2D eigenvalue weighted by Gasteiger charge is 2.10. The second kappa shape index (κ2) is 5.74. The number of nitrogens with one attached hydrogen (secondary N) is 1. The molecule has 0 bridgehead atoms. The first kappa shape index (κ1) is 12.7. The Morgan fingerprint density at radius 3 is 2.78 bits per heavy atom. The van der Waals surface area contributed by atoms with Crippen molar-refractivity contribution in [3.8, 4) is 17.1 Å². The molecule has 3 nitrogen and oxygen atoms in total. The molecule has 0 atom stereocenters. The normalized spacial score (nSPS) is 10.6. The Balaban J connectivity index is 2.30. The van der Waals surface area contributed by atoms with Crippen molar-refractivity contribution in [2.45, 2.75) is 20.4 Å². The first-order chi connectivity index (χ1) is 8.74. The van der Waals surface area contributed by atoms with Gasteiger partial charge < -0.3 is 14.5 Å². The van der Waals surface area contributed by atoms with Crippen LogP contribution in [0.2, 0.25) is 0 Å². The van der Waals surface area contributed by atoms with Gasteiger partial charge in [0.15, 0.2) is 0 Å². The molecule has 2 aromatic rings. The van der Waals surface area contributed by atoms with Crippen LogP contribution < -0.4 is 10.1 Å². The van der Waals surface area contributed by atoms with Crippen LogP contribution in [0.3, 0.4) is 0 Å². The van der Waals surface area contributed by atoms with Gasteiger partial charge in [0.1, 0.15) is 17.3 Å². The first-order valence-corrected chi connectivity index (χ1v) is 6.19. The van der Waals surface area contributed by atoms with E-state index in [4.69, 9.17) is 9.15 Å². The molecule has 18 heavy (non-hydrogen) atoms. The maximum absolute atomic E-state index is 5.83. The van der Waals surface area contributed by atoms with E-state index in [1.54, 1.807) is 7.11 Å². The highest BCUT2D eigenvalue weighted by atomic mass is 16.5. The fourth-order valence-electron chi connectivity index (χ4n) is 1.88. The lowest BCUT2D eigenvalue weighted by Gasteiger charge is -2.07. The van der Waals surface area contributed by atoms with Crippen molar-refractivity contribution in [1.82, 2.24) is 5.32 Å². The summed E-state index contributed by atoms with van der Waals surface area (Å²) in [5, 5.41) is 3.24. The van der Waals surface area contributed by atoms with E-state index in [-0.39, 0.29) is 0 Å². The van der Waals surface area contributed by atoms with Crippen LogP contribution in [0.25, 0.3) is 11.3 Å². The second-order valence-electron chi connectivity index (χ2n) is 4.25. The van der Waals surface area contributed by atoms with Gasteiger partial charge in [-0.15, -0.1) is 0 Å². The third-order valence-electron chi connectivity index (χ3n) is 2.83. The highest BCUT2D eigenvalue weighted by molar-refractivity contribution is 5.66. The number of aryl methyl sites for hydroxylation is 1. The molecule has 0 aliphatic rings. The van der Waals surface area contributed by atoms with Crippen molar-refractivity contribution >= 4 is 0 Å². The molecular formula is C15H19NO2. The van der Waals surface area contributed by atoms with Crippen molar-refractivity contribution in [3.63, 3.8) is 0 Å². The molecule has 0 aliphatic heterocycles. The highest BCUT2D eigenvalue weighted by Crippen LogP contribution is 2.32. The molecule has 0 amide bonds. The van der Waals surface area contributed by atoms with Crippen LogP contribution in [0.15, 0.2) is 34.7 Å². The van der Waals surface area contributed by atoms with Crippen LogP contribution in [-0.4, -0.2) is 13.7 Å². The summed E-state index contributed by atoms with van der Waals surface area (Å²) in [5.41, 5.74) is 2.19. The summed E-state index contributed by atoms with van der Waals surface area (Å²) in [6, 6.07) is 10.1. The maximum atomic E-state index is 5.83. The SMILES string of the molecule is CCNCc1ccc(-c2cc(C)ccc2OC)o1. The smallest absolute Gasteiger partial charge is 0.138 e. The number of hydrogen-bond acceptors (Lipinski definition) is 3. The third kappa shape index (κ3) is 2.74. The monoisotopic (exact) mass is 245 g/mol. The van der Waals surface area contributed by atoms with Gasteiger partial charge in [0, 0.05) is 0 Å². The van der Waals surface area contributed by atoms with Gasteiger partial charge in [0.25, 0.3) is 0 Å². The van der Waals surface area contributed by atoms with Crippen molar-refractivity contribution in [1.29, 1.82) is 0 Å². The topological polar surface area (TPSA) is 34.4 Å². The van der Waals surface area contributed by atoms with Crippen LogP contribution >= 0.6 is 0 Å². The lowest BCUT2D eigenvalue weighted by Crippen LogP contribution is -2.10. The Morgan fingerprint density at radius 1 is 1.22 bits per heavy atom. The number of benzene rings is 1. The molecule has 96 valence electrons. The van der Waals surface area contributed by atoms with E-state index in [1.807, 2.05) is 24.3 Å². The third-order valence-corrected chi connectivity index (χ3v) is 2.83. The van der Waals surface area contributed by atoms with Gasteiger partial charge in [0.05, 0.1) is 19.2 Å². The average Bonchev–Trinajstić information content (AvgIpc) is 2.85. The van der Waals surface area contributed by atoms with Crippen LogP contribution in [0.5, 0.6) is 5.75 Å². The average molecular weight is 245 g/mol. The standard InChI is InChI=1S/C15H19NO2/c1-4-16-10-12-6-8-15(18-12)13-9-11(2)5-7-14(13)17-3/h5-9,16H,4,10H2,1-3H3. The molecule has 2 rings (SSSR count). The zero-order chi connectivity index (χ0) is 13.0. The van der Waals surface area contributed by atoms with Crippen LogP contribution in [0.4, 0.5) is 0 Å². The van der Waals surface area contributed by atoms with Gasteiger partial charge in [-0.25, -0.2) is 0 Å². The minimum absolute atomic E-state index is 0.755. The van der Waals surface area contributed by atoms with Crippen LogP contribution in [0.1, 0.15) is 18.2 Å². The van der Waals surface area contributed by atoms with E-state index in [2.05, 4.69) is 25.2 Å². The summed E-state index contributed by atoms with van der Waals surface area (Å²) in [6.07, 6.45) is 0. The van der Waals surface area contributed by atoms with E-state index in [0.29, 0.717) is 0 Å². The van der Waals surface area contributed by atoms with Gasteiger partial charge in [0.2, 0.25) is 0 Å². The molecule has 1 aromatic carbocycles. The maximum Gasteiger partial charge on any atom is 0.138 e. The van der Waals surface area contributed by atoms with E-state index in [0.717, 1.165) is 35.9 Å². The number of ether oxygens (including phenoxy) is 1. The predicted octanol–water partition coefficient (Wildman–Crippen LogP) is 3.37.